The molecule has 0 saturated carbocycles. The summed E-state index contributed by atoms with van der Waals surface area (Å²) < 4.78 is 0. The predicted octanol–water partition coefficient (Wildman–Crippen LogP) is 3.18. The van der Waals surface area contributed by atoms with Gasteiger partial charge in [-0.15, -0.1) is 0 Å². The topological polar surface area (TPSA) is 53.5 Å². The molecule has 5 heteroatoms. The first-order valence-electron chi connectivity index (χ1n) is 9.31. The fraction of sp³-hybridized carbons (Fsp3) is 0.381. The highest BCUT2D eigenvalue weighted by Crippen LogP contribution is 2.30. The summed E-state index contributed by atoms with van der Waals surface area (Å²) >= 11 is 0. The van der Waals surface area contributed by atoms with E-state index < -0.39 is 0 Å². The quantitative estimate of drug-likeness (QED) is 0.852. The van der Waals surface area contributed by atoms with Crippen molar-refractivity contribution >= 4 is 11.8 Å². The number of carbonyl (C=O) groups is 2. The monoisotopic (exact) mass is 349 g/mol. The number of piperidine rings is 1. The van der Waals surface area contributed by atoms with E-state index in [1.165, 1.54) is 0 Å². The molecule has 0 radical (unpaired) electrons. The standard InChI is InChI=1S/C21H23N3O2/c25-20(11-14-23-15-16-7-1-2-8-17(16)21(23)26)24-13-6-4-10-19(24)18-9-3-5-12-22-18/h1-3,5,7-9,12,19H,4,6,10-11,13-15H2/t19-/m1/s1. The van der Waals surface area contributed by atoms with Crippen LogP contribution in [0.15, 0.2) is 48.7 Å². The molecule has 26 heavy (non-hydrogen) atoms. The summed E-state index contributed by atoms with van der Waals surface area (Å²) in [6, 6.07) is 13.6. The molecule has 2 aromatic rings. The van der Waals surface area contributed by atoms with E-state index in [0.29, 0.717) is 19.5 Å². The maximum absolute atomic E-state index is 12.9. The number of carbonyl (C=O) groups excluding carboxylic acids is 2. The van der Waals surface area contributed by atoms with Crippen molar-refractivity contribution in [1.82, 2.24) is 14.8 Å². The Bertz CT molecular complexity index is 806. The molecular weight excluding hydrogens is 326 g/mol. The van der Waals surface area contributed by atoms with Crippen LogP contribution in [0.25, 0.3) is 0 Å². The molecule has 0 spiro atoms. The number of rotatable bonds is 4. The third kappa shape index (κ3) is 3.21. The van der Waals surface area contributed by atoms with Crippen LogP contribution in [0.3, 0.4) is 0 Å². The molecule has 0 unspecified atom stereocenters. The molecule has 4 rings (SSSR count). The van der Waals surface area contributed by atoms with E-state index in [0.717, 1.165) is 42.6 Å². The third-order valence-electron chi connectivity index (χ3n) is 5.34. The molecule has 1 fully saturated rings. The Labute approximate surface area is 153 Å². The minimum atomic E-state index is 0.0355. The molecule has 5 nitrogen and oxygen atoms in total. The van der Waals surface area contributed by atoms with Crippen LogP contribution in [-0.4, -0.2) is 39.7 Å². The summed E-state index contributed by atoms with van der Waals surface area (Å²) in [5.41, 5.74) is 2.78. The van der Waals surface area contributed by atoms with Gasteiger partial charge in [0.1, 0.15) is 0 Å². The van der Waals surface area contributed by atoms with Crippen LogP contribution >= 0.6 is 0 Å². The number of likely N-dealkylation sites (tertiary alicyclic amines) is 1. The molecule has 1 atom stereocenters. The minimum absolute atomic E-state index is 0.0355. The lowest BCUT2D eigenvalue weighted by Gasteiger charge is -2.35. The van der Waals surface area contributed by atoms with Gasteiger partial charge in [-0.05, 0) is 43.0 Å². The molecule has 0 aliphatic carbocycles. The Morgan fingerprint density at radius 3 is 2.77 bits per heavy atom. The second-order valence-corrected chi connectivity index (χ2v) is 6.99. The van der Waals surface area contributed by atoms with Gasteiger partial charge in [-0.3, -0.25) is 14.6 Å². The lowest BCUT2D eigenvalue weighted by Crippen LogP contribution is -2.40. The lowest BCUT2D eigenvalue weighted by molar-refractivity contribution is -0.135. The first-order valence-corrected chi connectivity index (χ1v) is 9.31. The Morgan fingerprint density at radius 2 is 1.96 bits per heavy atom. The summed E-state index contributed by atoms with van der Waals surface area (Å²) in [7, 11) is 0. The number of nitrogens with zero attached hydrogens (tertiary/aromatic N) is 3. The van der Waals surface area contributed by atoms with E-state index in [-0.39, 0.29) is 17.9 Å². The van der Waals surface area contributed by atoms with Crippen molar-refractivity contribution in [2.75, 3.05) is 13.1 Å². The van der Waals surface area contributed by atoms with Crippen LogP contribution in [-0.2, 0) is 11.3 Å². The van der Waals surface area contributed by atoms with E-state index >= 15 is 0 Å². The molecular formula is C21H23N3O2. The fourth-order valence-corrected chi connectivity index (χ4v) is 3.98. The molecule has 0 N–H and O–H groups in total. The van der Waals surface area contributed by atoms with Crippen LogP contribution in [0.4, 0.5) is 0 Å². The smallest absolute Gasteiger partial charge is 0.254 e. The zero-order chi connectivity index (χ0) is 17.9. The molecule has 2 aliphatic heterocycles. The highest BCUT2D eigenvalue weighted by Gasteiger charge is 2.31. The van der Waals surface area contributed by atoms with Gasteiger partial charge >= 0.3 is 0 Å². The second kappa shape index (κ2) is 7.28. The molecule has 1 aromatic heterocycles. The van der Waals surface area contributed by atoms with Gasteiger partial charge in [-0.1, -0.05) is 24.3 Å². The Hall–Kier alpha value is -2.69. The Kier molecular flexibility index (Phi) is 4.69. The molecule has 2 amide bonds. The average Bonchev–Trinajstić information content (AvgIpc) is 3.03. The first kappa shape index (κ1) is 16.8. The van der Waals surface area contributed by atoms with Gasteiger partial charge in [0.15, 0.2) is 0 Å². The van der Waals surface area contributed by atoms with E-state index in [1.54, 1.807) is 11.1 Å². The van der Waals surface area contributed by atoms with Crippen LogP contribution < -0.4 is 0 Å². The number of amides is 2. The fourth-order valence-electron chi connectivity index (χ4n) is 3.98. The second-order valence-electron chi connectivity index (χ2n) is 6.99. The zero-order valence-electron chi connectivity index (χ0n) is 14.8. The normalized spacial score (nSPS) is 19.5. The summed E-state index contributed by atoms with van der Waals surface area (Å²) in [6.45, 7) is 1.85. The number of aromatic nitrogens is 1. The average molecular weight is 349 g/mol. The largest absolute Gasteiger partial charge is 0.334 e. The summed E-state index contributed by atoms with van der Waals surface area (Å²) in [5.74, 6) is 0.150. The molecule has 134 valence electrons. The Morgan fingerprint density at radius 1 is 1.12 bits per heavy atom. The van der Waals surface area contributed by atoms with Crippen molar-refractivity contribution in [2.45, 2.75) is 38.3 Å². The number of benzene rings is 1. The van der Waals surface area contributed by atoms with Crippen LogP contribution in [0.2, 0.25) is 0 Å². The van der Waals surface area contributed by atoms with Crippen molar-refractivity contribution in [3.05, 3.63) is 65.5 Å². The Balaban J connectivity index is 1.41. The van der Waals surface area contributed by atoms with Crippen molar-refractivity contribution in [1.29, 1.82) is 0 Å². The van der Waals surface area contributed by atoms with Gasteiger partial charge in [-0.25, -0.2) is 0 Å². The SMILES string of the molecule is O=C1c2ccccc2CN1CCC(=O)N1CCCC[C@@H]1c1ccccn1. The van der Waals surface area contributed by atoms with Crippen molar-refractivity contribution in [3.63, 3.8) is 0 Å². The maximum Gasteiger partial charge on any atom is 0.254 e. The maximum atomic E-state index is 12.9. The third-order valence-corrected chi connectivity index (χ3v) is 5.34. The molecule has 2 aliphatic rings. The molecule has 0 bridgehead atoms. The van der Waals surface area contributed by atoms with E-state index in [4.69, 9.17) is 0 Å². The minimum Gasteiger partial charge on any atom is -0.334 e. The van der Waals surface area contributed by atoms with E-state index in [2.05, 4.69) is 4.98 Å². The molecule has 1 aromatic carbocycles. The highest BCUT2D eigenvalue weighted by atomic mass is 16.2. The number of fused-ring (bicyclic) bond motifs is 1. The lowest BCUT2D eigenvalue weighted by atomic mass is 9.98. The summed E-state index contributed by atoms with van der Waals surface area (Å²) in [4.78, 5) is 33.5. The predicted molar refractivity (Wildman–Crippen MR) is 98.3 cm³/mol. The van der Waals surface area contributed by atoms with E-state index in [9.17, 15) is 9.59 Å². The van der Waals surface area contributed by atoms with Gasteiger partial charge in [-0.2, -0.15) is 0 Å². The zero-order valence-corrected chi connectivity index (χ0v) is 14.8. The van der Waals surface area contributed by atoms with Crippen molar-refractivity contribution < 1.29 is 9.59 Å². The van der Waals surface area contributed by atoms with Crippen molar-refractivity contribution in [3.8, 4) is 0 Å². The van der Waals surface area contributed by atoms with Crippen LogP contribution in [0.5, 0.6) is 0 Å². The van der Waals surface area contributed by atoms with Crippen LogP contribution in [0, 0.1) is 0 Å². The number of hydrogen-bond donors (Lipinski definition) is 0. The molecule has 1 saturated heterocycles. The van der Waals surface area contributed by atoms with Crippen LogP contribution in [0.1, 0.15) is 53.3 Å². The summed E-state index contributed by atoms with van der Waals surface area (Å²) in [5, 5.41) is 0. The number of pyridine rings is 1. The van der Waals surface area contributed by atoms with Gasteiger partial charge in [0.25, 0.3) is 5.91 Å². The summed E-state index contributed by atoms with van der Waals surface area (Å²) in [6.07, 6.45) is 5.25. The van der Waals surface area contributed by atoms with Gasteiger partial charge in [0.05, 0.1) is 11.7 Å². The van der Waals surface area contributed by atoms with E-state index in [1.807, 2.05) is 47.4 Å². The van der Waals surface area contributed by atoms with Gasteiger partial charge < -0.3 is 9.80 Å². The molecule has 3 heterocycles. The van der Waals surface area contributed by atoms with Gasteiger partial charge in [0, 0.05) is 37.8 Å². The highest BCUT2D eigenvalue weighted by molar-refractivity contribution is 5.98. The van der Waals surface area contributed by atoms with Gasteiger partial charge in [0.2, 0.25) is 5.91 Å². The number of hydrogen-bond acceptors (Lipinski definition) is 3. The first-order chi connectivity index (χ1) is 12.7. The van der Waals surface area contributed by atoms with Crippen molar-refractivity contribution in [2.24, 2.45) is 0 Å².